The molecule has 0 spiro atoms. The van der Waals surface area contributed by atoms with Gasteiger partial charge in [-0.05, 0) is 19.0 Å². The van der Waals surface area contributed by atoms with Gasteiger partial charge in [0.05, 0.1) is 24.4 Å². The summed E-state index contributed by atoms with van der Waals surface area (Å²) in [5.41, 5.74) is 0. The average Bonchev–Trinajstić information content (AvgIpc) is 2.82. The van der Waals surface area contributed by atoms with Crippen molar-refractivity contribution in [3.63, 3.8) is 0 Å². The molecule has 2 N–H and O–H groups in total. The summed E-state index contributed by atoms with van der Waals surface area (Å²) < 4.78 is 65.2. The minimum atomic E-state index is -4.33. The number of nitrogens with one attached hydrogen (secondary N) is 2. The van der Waals surface area contributed by atoms with Gasteiger partial charge in [-0.3, -0.25) is 0 Å². The monoisotopic (exact) mass is 352 g/mol. The van der Waals surface area contributed by atoms with Crippen molar-refractivity contribution in [1.29, 1.82) is 0 Å². The molecular weight excluding hydrogens is 339 g/mol. The molecule has 2 aromatic heterocycles. The lowest BCUT2D eigenvalue weighted by Crippen LogP contribution is -2.52. The van der Waals surface area contributed by atoms with E-state index in [1.165, 1.54) is 6.07 Å². The first-order chi connectivity index (χ1) is 10.7. The minimum absolute atomic E-state index is 0.0770. The lowest BCUT2D eigenvalue weighted by Gasteiger charge is -2.32. The van der Waals surface area contributed by atoms with E-state index in [4.69, 9.17) is 0 Å². The molecule has 2 aromatic rings. The molecule has 0 aliphatic carbocycles. The van der Waals surface area contributed by atoms with E-state index in [-0.39, 0.29) is 17.1 Å². The van der Waals surface area contributed by atoms with Crippen molar-refractivity contribution >= 4 is 27.4 Å². The highest BCUT2D eigenvalue weighted by Gasteiger charge is 2.42. The Morgan fingerprint density at radius 1 is 1.35 bits per heavy atom. The van der Waals surface area contributed by atoms with Crippen molar-refractivity contribution in [2.45, 2.75) is 31.0 Å². The van der Waals surface area contributed by atoms with Crippen LogP contribution in [-0.2, 0) is 6.42 Å². The largest absolute Gasteiger partial charge is 0.393 e. The second kappa shape index (κ2) is 5.82. The lowest BCUT2D eigenvalue weighted by molar-refractivity contribution is -0.126. The molecule has 0 bridgehead atoms. The molecule has 3 heterocycles. The number of thiophene rings is 1. The maximum atomic E-state index is 13.9. The topological polar surface area (TPSA) is 49.8 Å². The van der Waals surface area contributed by atoms with Gasteiger partial charge in [-0.25, -0.2) is 18.7 Å². The van der Waals surface area contributed by atoms with E-state index in [1.54, 1.807) is 0 Å². The Hall–Kier alpha value is -1.55. The molecule has 126 valence electrons. The highest BCUT2D eigenvalue weighted by molar-refractivity contribution is 7.18. The Kier molecular flexibility index (Phi) is 4.13. The Balaban J connectivity index is 1.89. The van der Waals surface area contributed by atoms with Gasteiger partial charge in [-0.1, -0.05) is 0 Å². The average molecular weight is 352 g/mol. The highest BCUT2D eigenvalue weighted by atomic mass is 32.1. The zero-order chi connectivity index (χ0) is 16.7. The van der Waals surface area contributed by atoms with Gasteiger partial charge in [0.1, 0.15) is 17.0 Å². The second-order valence-electron chi connectivity index (χ2n) is 5.37. The van der Waals surface area contributed by atoms with Gasteiger partial charge in [0.2, 0.25) is 0 Å². The first kappa shape index (κ1) is 16.3. The zero-order valence-electron chi connectivity index (χ0n) is 11.8. The second-order valence-corrected chi connectivity index (χ2v) is 6.48. The van der Waals surface area contributed by atoms with Gasteiger partial charge in [-0.2, -0.15) is 13.2 Å². The molecule has 23 heavy (non-hydrogen) atoms. The van der Waals surface area contributed by atoms with Crippen LogP contribution in [-0.4, -0.2) is 41.2 Å². The van der Waals surface area contributed by atoms with E-state index in [1.807, 2.05) is 0 Å². The molecule has 1 fully saturated rings. The standard InChI is InChI=1S/C13H13F5N4S/c14-12(15)5-19-2-1-9(12)22-10-8-3-7(4-13(16,17)18)23-11(8)21-6-20-10/h3,6,9,19H,1-2,4-5H2,(H,20,21,22). The molecule has 1 saturated heterocycles. The summed E-state index contributed by atoms with van der Waals surface area (Å²) in [5, 5.41) is 5.63. The normalized spacial score (nSPS) is 21.5. The summed E-state index contributed by atoms with van der Waals surface area (Å²) in [5.74, 6) is -2.81. The summed E-state index contributed by atoms with van der Waals surface area (Å²) in [7, 11) is 0. The molecule has 3 rings (SSSR count). The lowest BCUT2D eigenvalue weighted by atomic mass is 10.0. The van der Waals surface area contributed by atoms with Crippen LogP contribution in [0.3, 0.4) is 0 Å². The molecular formula is C13H13F5N4S. The number of rotatable bonds is 3. The van der Waals surface area contributed by atoms with Crippen molar-refractivity contribution in [2.75, 3.05) is 18.4 Å². The Morgan fingerprint density at radius 2 is 2.13 bits per heavy atom. The summed E-state index contributed by atoms with van der Waals surface area (Å²) in [4.78, 5) is 8.27. The van der Waals surface area contributed by atoms with Crippen LogP contribution in [0.2, 0.25) is 0 Å². The van der Waals surface area contributed by atoms with Gasteiger partial charge < -0.3 is 10.6 Å². The van der Waals surface area contributed by atoms with Gasteiger partial charge in [0.15, 0.2) is 0 Å². The van der Waals surface area contributed by atoms with Crippen molar-refractivity contribution in [3.8, 4) is 0 Å². The van der Waals surface area contributed by atoms with Crippen molar-refractivity contribution in [3.05, 3.63) is 17.3 Å². The predicted octanol–water partition coefficient (Wildman–Crippen LogP) is 3.21. The third-order valence-corrected chi connectivity index (χ3v) is 4.59. The summed E-state index contributed by atoms with van der Waals surface area (Å²) in [6.45, 7) is -0.00764. The number of halogens is 5. The van der Waals surface area contributed by atoms with E-state index in [9.17, 15) is 22.0 Å². The van der Waals surface area contributed by atoms with Crippen molar-refractivity contribution in [1.82, 2.24) is 15.3 Å². The van der Waals surface area contributed by atoms with E-state index in [0.717, 1.165) is 17.7 Å². The molecule has 1 atom stereocenters. The zero-order valence-corrected chi connectivity index (χ0v) is 12.6. The fourth-order valence-corrected chi connectivity index (χ4v) is 3.51. The van der Waals surface area contributed by atoms with E-state index >= 15 is 0 Å². The van der Waals surface area contributed by atoms with Crippen molar-refractivity contribution < 1.29 is 22.0 Å². The number of fused-ring (bicyclic) bond motifs is 1. The van der Waals surface area contributed by atoms with Gasteiger partial charge >= 0.3 is 6.18 Å². The number of aromatic nitrogens is 2. The van der Waals surface area contributed by atoms with Gasteiger partial charge in [0.25, 0.3) is 5.92 Å². The molecule has 0 saturated carbocycles. The summed E-state index contributed by atoms with van der Waals surface area (Å²) >= 11 is 0.889. The molecule has 1 unspecified atom stereocenters. The Morgan fingerprint density at radius 3 is 2.83 bits per heavy atom. The first-order valence-corrected chi connectivity index (χ1v) is 7.71. The molecule has 0 aromatic carbocycles. The van der Waals surface area contributed by atoms with Crippen LogP contribution in [0.5, 0.6) is 0 Å². The van der Waals surface area contributed by atoms with Gasteiger partial charge in [0, 0.05) is 4.88 Å². The third kappa shape index (κ3) is 3.69. The molecule has 4 nitrogen and oxygen atoms in total. The van der Waals surface area contributed by atoms with Crippen LogP contribution in [0.1, 0.15) is 11.3 Å². The van der Waals surface area contributed by atoms with Crippen LogP contribution in [0, 0.1) is 0 Å². The van der Waals surface area contributed by atoms with Crippen LogP contribution < -0.4 is 10.6 Å². The Bertz CT molecular complexity index is 699. The SMILES string of the molecule is FC(F)(F)Cc1cc2c(NC3CCNCC3(F)F)ncnc2s1. The number of hydrogen-bond donors (Lipinski definition) is 2. The number of nitrogens with zero attached hydrogens (tertiary/aromatic N) is 2. The van der Waals surface area contributed by atoms with Gasteiger partial charge in [-0.15, -0.1) is 11.3 Å². The van der Waals surface area contributed by atoms with E-state index in [2.05, 4.69) is 20.6 Å². The summed E-state index contributed by atoms with van der Waals surface area (Å²) in [6, 6.07) is 0.197. The molecule has 10 heteroatoms. The van der Waals surface area contributed by atoms with Crippen LogP contribution >= 0.6 is 11.3 Å². The Labute approximate surface area is 132 Å². The number of hydrogen-bond acceptors (Lipinski definition) is 5. The first-order valence-electron chi connectivity index (χ1n) is 6.90. The maximum absolute atomic E-state index is 13.9. The predicted molar refractivity (Wildman–Crippen MR) is 77.0 cm³/mol. The quantitative estimate of drug-likeness (QED) is 0.833. The molecule has 0 radical (unpaired) electrons. The third-order valence-electron chi connectivity index (χ3n) is 3.55. The summed E-state index contributed by atoms with van der Waals surface area (Å²) in [6.07, 6.45) is -4.04. The van der Waals surface area contributed by atoms with E-state index in [0.29, 0.717) is 16.8 Å². The molecule has 0 amide bonds. The number of alkyl halides is 5. The van der Waals surface area contributed by atoms with Crippen molar-refractivity contribution in [2.24, 2.45) is 0 Å². The van der Waals surface area contributed by atoms with Crippen LogP contribution in [0.4, 0.5) is 27.8 Å². The van der Waals surface area contributed by atoms with Crippen LogP contribution in [0.25, 0.3) is 10.2 Å². The van der Waals surface area contributed by atoms with E-state index < -0.39 is 31.1 Å². The fraction of sp³-hybridized carbons (Fsp3) is 0.538. The fourth-order valence-electron chi connectivity index (χ4n) is 2.48. The number of anilines is 1. The minimum Gasteiger partial charge on any atom is -0.361 e. The highest BCUT2D eigenvalue weighted by Crippen LogP contribution is 2.34. The smallest absolute Gasteiger partial charge is 0.361 e. The number of piperidine rings is 1. The molecule has 1 aliphatic rings. The molecule has 1 aliphatic heterocycles. The maximum Gasteiger partial charge on any atom is 0.393 e. The van der Waals surface area contributed by atoms with Crippen LogP contribution in [0.15, 0.2) is 12.4 Å².